The summed E-state index contributed by atoms with van der Waals surface area (Å²) in [5.74, 6) is -10.8. The number of rotatable bonds is 7. The van der Waals surface area contributed by atoms with Gasteiger partial charge in [-0.05, 0) is 19.9 Å². The minimum atomic E-state index is -2.15. The highest BCUT2D eigenvalue weighted by Gasteiger charge is 2.25. The Bertz CT molecular complexity index is 792. The molecule has 1 aromatic carbocycles. The molecule has 148 valence electrons. The van der Waals surface area contributed by atoms with Crippen molar-refractivity contribution >= 4 is 23.9 Å². The molecular formula is C17H17F4NO5. The number of benzene rings is 1. The highest BCUT2D eigenvalue weighted by Crippen LogP contribution is 2.25. The van der Waals surface area contributed by atoms with Crippen LogP contribution in [0.3, 0.4) is 0 Å². The summed E-state index contributed by atoms with van der Waals surface area (Å²) in [7, 11) is 0. The molecule has 0 saturated carbocycles. The van der Waals surface area contributed by atoms with Crippen LogP contribution in [0.4, 0.5) is 17.6 Å². The van der Waals surface area contributed by atoms with Gasteiger partial charge in [-0.2, -0.15) is 0 Å². The van der Waals surface area contributed by atoms with Gasteiger partial charge in [-0.25, -0.2) is 22.4 Å². The van der Waals surface area contributed by atoms with Crippen molar-refractivity contribution in [3.8, 4) is 0 Å². The Labute approximate surface area is 152 Å². The van der Waals surface area contributed by atoms with Gasteiger partial charge in [-0.15, -0.1) is 0 Å². The van der Waals surface area contributed by atoms with Gasteiger partial charge < -0.3 is 14.6 Å². The van der Waals surface area contributed by atoms with Crippen molar-refractivity contribution in [1.29, 1.82) is 0 Å². The summed E-state index contributed by atoms with van der Waals surface area (Å²) >= 11 is 0. The lowest BCUT2D eigenvalue weighted by Gasteiger charge is -2.10. The Balaban J connectivity index is 3.37. The lowest BCUT2D eigenvalue weighted by molar-refractivity contribution is -0.141. The molecule has 0 saturated heterocycles. The second-order valence-corrected chi connectivity index (χ2v) is 5.26. The van der Waals surface area contributed by atoms with Crippen molar-refractivity contribution in [2.24, 2.45) is 4.99 Å². The molecule has 0 amide bonds. The zero-order valence-electron chi connectivity index (χ0n) is 14.7. The summed E-state index contributed by atoms with van der Waals surface area (Å²) in [6, 6.07) is -0.476. The van der Waals surface area contributed by atoms with E-state index in [0.29, 0.717) is 0 Å². The molecule has 6 nitrogen and oxygen atoms in total. The van der Waals surface area contributed by atoms with Gasteiger partial charge in [0.05, 0.1) is 18.2 Å². The van der Waals surface area contributed by atoms with Gasteiger partial charge in [0.25, 0.3) is 0 Å². The van der Waals surface area contributed by atoms with Crippen molar-refractivity contribution in [2.45, 2.75) is 26.8 Å². The van der Waals surface area contributed by atoms with Crippen LogP contribution in [0.5, 0.6) is 0 Å². The Morgan fingerprint density at radius 3 is 2.37 bits per heavy atom. The Morgan fingerprint density at radius 2 is 1.81 bits per heavy atom. The number of carbonyl (C=O) groups is 2. The summed E-state index contributed by atoms with van der Waals surface area (Å²) < 4.78 is 63.1. The Kier molecular flexibility index (Phi) is 7.95. The summed E-state index contributed by atoms with van der Waals surface area (Å²) in [4.78, 5) is 26.6. The zero-order chi connectivity index (χ0) is 20.7. The van der Waals surface area contributed by atoms with Crippen LogP contribution in [0.25, 0.3) is 5.76 Å². The molecule has 0 heterocycles. The van der Waals surface area contributed by atoms with Crippen LogP contribution >= 0.6 is 0 Å². The minimum absolute atomic E-state index is 0.124. The third kappa shape index (κ3) is 5.80. The van der Waals surface area contributed by atoms with Gasteiger partial charge in [0.2, 0.25) is 0 Å². The van der Waals surface area contributed by atoms with Crippen LogP contribution in [0.15, 0.2) is 16.6 Å². The third-order valence-electron chi connectivity index (χ3n) is 3.09. The van der Waals surface area contributed by atoms with E-state index in [0.717, 1.165) is 6.21 Å². The average molecular weight is 391 g/mol. The molecule has 10 heteroatoms. The maximum Gasteiger partial charge on any atom is 0.343 e. The molecule has 0 unspecified atom stereocenters. The topological polar surface area (TPSA) is 85.2 Å². The second kappa shape index (κ2) is 9.70. The van der Waals surface area contributed by atoms with Crippen LogP contribution in [0.1, 0.15) is 26.3 Å². The van der Waals surface area contributed by atoms with E-state index < -0.39 is 58.1 Å². The summed E-state index contributed by atoms with van der Waals surface area (Å²) in [6.45, 7) is 3.84. The number of esters is 2. The standard InChI is InChI=1S/C17H17F4NO5/c1-4-26-17(25)11(6-22-8(2)7-27-9(3)23)16(24)10-5-12(18)14(20)15(21)13(10)19/h5-6,8,24H,4,7H2,1-3H3/b16-11-,22-6?/t8-/m0/s1. The van der Waals surface area contributed by atoms with Crippen molar-refractivity contribution in [2.75, 3.05) is 13.2 Å². The average Bonchev–Trinajstić information content (AvgIpc) is 2.61. The first-order chi connectivity index (χ1) is 12.6. The molecule has 0 aromatic heterocycles. The summed E-state index contributed by atoms with van der Waals surface area (Å²) in [5, 5.41) is 10.1. The molecule has 1 N–H and O–H groups in total. The number of hydrogen-bond acceptors (Lipinski definition) is 6. The molecular weight excluding hydrogens is 374 g/mol. The fourth-order valence-electron chi connectivity index (χ4n) is 1.79. The maximum atomic E-state index is 13.9. The number of ether oxygens (including phenoxy) is 2. The van der Waals surface area contributed by atoms with Gasteiger partial charge in [0.15, 0.2) is 23.3 Å². The third-order valence-corrected chi connectivity index (χ3v) is 3.09. The van der Waals surface area contributed by atoms with Crippen LogP contribution in [-0.4, -0.2) is 42.5 Å². The van der Waals surface area contributed by atoms with Gasteiger partial charge in [0, 0.05) is 13.1 Å². The number of nitrogens with zero attached hydrogens (tertiary/aromatic N) is 1. The van der Waals surface area contributed by atoms with Crippen molar-refractivity contribution in [3.05, 3.63) is 40.5 Å². The van der Waals surface area contributed by atoms with Crippen molar-refractivity contribution in [3.63, 3.8) is 0 Å². The fraction of sp³-hybridized carbons (Fsp3) is 0.353. The zero-order valence-corrected chi connectivity index (χ0v) is 14.7. The summed E-state index contributed by atoms with van der Waals surface area (Å²) in [5.41, 5.74) is -1.82. The molecule has 1 rings (SSSR count). The smallest absolute Gasteiger partial charge is 0.343 e. The highest BCUT2D eigenvalue weighted by atomic mass is 19.2. The van der Waals surface area contributed by atoms with Crippen LogP contribution in [-0.2, 0) is 19.1 Å². The molecule has 0 spiro atoms. The second-order valence-electron chi connectivity index (χ2n) is 5.26. The number of carbonyl (C=O) groups excluding carboxylic acids is 2. The molecule has 0 fully saturated rings. The number of hydrogen-bond donors (Lipinski definition) is 1. The number of aliphatic hydroxyl groups is 1. The predicted molar refractivity (Wildman–Crippen MR) is 87.0 cm³/mol. The van der Waals surface area contributed by atoms with Crippen LogP contribution < -0.4 is 0 Å². The normalized spacial score (nSPS) is 13.3. The van der Waals surface area contributed by atoms with E-state index in [-0.39, 0.29) is 19.3 Å². The lowest BCUT2D eigenvalue weighted by atomic mass is 10.1. The first kappa shape index (κ1) is 22.1. The molecule has 0 radical (unpaired) electrons. The Hall–Kier alpha value is -2.91. The lowest BCUT2D eigenvalue weighted by Crippen LogP contribution is -2.16. The molecule has 1 atom stereocenters. The van der Waals surface area contributed by atoms with Gasteiger partial charge >= 0.3 is 11.9 Å². The minimum Gasteiger partial charge on any atom is -0.506 e. The van der Waals surface area contributed by atoms with E-state index in [1.165, 1.54) is 20.8 Å². The quantitative estimate of drug-likeness (QED) is 0.147. The number of aliphatic hydroxyl groups excluding tert-OH is 1. The van der Waals surface area contributed by atoms with E-state index in [4.69, 9.17) is 4.74 Å². The highest BCUT2D eigenvalue weighted by molar-refractivity contribution is 6.15. The SMILES string of the molecule is CCOC(=O)/C(C=N[C@@H](C)COC(C)=O)=C(\O)c1cc(F)c(F)c(F)c1F. The molecule has 1 aromatic rings. The number of aliphatic imine (C=N–C) groups is 1. The molecule has 0 aliphatic rings. The fourth-order valence-corrected chi connectivity index (χ4v) is 1.79. The predicted octanol–water partition coefficient (Wildman–Crippen LogP) is 3.10. The first-order valence-electron chi connectivity index (χ1n) is 7.70. The molecule has 0 aliphatic carbocycles. The van der Waals surface area contributed by atoms with Gasteiger partial charge in [-0.1, -0.05) is 0 Å². The number of halogens is 4. The molecule has 0 aliphatic heterocycles. The van der Waals surface area contributed by atoms with E-state index in [2.05, 4.69) is 9.73 Å². The summed E-state index contributed by atoms with van der Waals surface area (Å²) in [6.07, 6.45) is 0.778. The van der Waals surface area contributed by atoms with E-state index in [1.807, 2.05) is 0 Å². The monoisotopic (exact) mass is 391 g/mol. The largest absolute Gasteiger partial charge is 0.506 e. The van der Waals surface area contributed by atoms with E-state index >= 15 is 0 Å². The van der Waals surface area contributed by atoms with Crippen LogP contribution in [0.2, 0.25) is 0 Å². The van der Waals surface area contributed by atoms with Crippen molar-refractivity contribution < 1.29 is 41.7 Å². The Morgan fingerprint density at radius 1 is 1.19 bits per heavy atom. The van der Waals surface area contributed by atoms with Gasteiger partial charge in [0.1, 0.15) is 17.9 Å². The van der Waals surface area contributed by atoms with E-state index in [9.17, 15) is 32.3 Å². The van der Waals surface area contributed by atoms with Gasteiger partial charge in [-0.3, -0.25) is 9.79 Å². The van der Waals surface area contributed by atoms with Crippen LogP contribution in [0, 0.1) is 23.3 Å². The maximum absolute atomic E-state index is 13.9. The first-order valence-corrected chi connectivity index (χ1v) is 7.70. The molecule has 27 heavy (non-hydrogen) atoms. The molecule has 0 bridgehead atoms. The van der Waals surface area contributed by atoms with Crippen molar-refractivity contribution in [1.82, 2.24) is 0 Å². The van der Waals surface area contributed by atoms with E-state index in [1.54, 1.807) is 0 Å².